The fraction of sp³-hybridized carbons (Fsp3) is 0.368. The minimum Gasteiger partial charge on any atom is -0.332 e. The van der Waals surface area contributed by atoms with Crippen molar-refractivity contribution in [1.29, 1.82) is 0 Å². The van der Waals surface area contributed by atoms with Gasteiger partial charge in [-0.15, -0.1) is 0 Å². The summed E-state index contributed by atoms with van der Waals surface area (Å²) in [4.78, 5) is 15.6. The molecule has 0 saturated carbocycles. The van der Waals surface area contributed by atoms with Gasteiger partial charge in [0.2, 0.25) is 0 Å². The van der Waals surface area contributed by atoms with Gasteiger partial charge in [-0.1, -0.05) is 35.5 Å². The molecule has 0 spiro atoms. The number of hydrogen-bond acceptors (Lipinski definition) is 6. The molecule has 2 aliphatic rings. The molecule has 3 atom stereocenters. The number of nitrogens with zero attached hydrogens (tertiary/aromatic N) is 5. The van der Waals surface area contributed by atoms with Crippen LogP contribution < -0.4 is 0 Å². The Labute approximate surface area is 145 Å². The summed E-state index contributed by atoms with van der Waals surface area (Å²) in [5.41, 5.74) is 2.01. The molecule has 4 heterocycles. The molecule has 6 heteroatoms. The van der Waals surface area contributed by atoms with Crippen molar-refractivity contribution in [3.05, 3.63) is 60.3 Å². The van der Waals surface area contributed by atoms with E-state index in [0.29, 0.717) is 29.6 Å². The molecule has 5 rings (SSSR count). The zero-order valence-electron chi connectivity index (χ0n) is 13.8. The van der Waals surface area contributed by atoms with E-state index in [-0.39, 0.29) is 0 Å². The number of rotatable bonds is 3. The topological polar surface area (TPSA) is 67.9 Å². The van der Waals surface area contributed by atoms with Crippen LogP contribution in [0, 0.1) is 0 Å². The Kier molecular flexibility index (Phi) is 3.56. The summed E-state index contributed by atoms with van der Waals surface area (Å²) in [6.45, 7) is 1.15. The third-order valence-electron chi connectivity index (χ3n) is 5.42. The van der Waals surface area contributed by atoms with Crippen molar-refractivity contribution in [1.82, 2.24) is 25.0 Å². The van der Waals surface area contributed by atoms with Gasteiger partial charge in [-0.3, -0.25) is 9.88 Å². The minimum absolute atomic E-state index is 0.307. The fourth-order valence-electron chi connectivity index (χ4n) is 4.35. The van der Waals surface area contributed by atoms with Crippen LogP contribution in [0.2, 0.25) is 0 Å². The standard InChI is InChI=1S/C19H19N5O/c1-2-5-13(6-3-1)17-11-14(16-7-4-10-24(16)17)18-22-19(25-23-18)15-12-20-8-9-21-15/h1-3,5-6,8-9,12,14,16-17H,4,7,10-11H2/t14-,16+,17-/m0/s1. The molecule has 0 aliphatic carbocycles. The van der Waals surface area contributed by atoms with E-state index < -0.39 is 0 Å². The number of aromatic nitrogens is 4. The van der Waals surface area contributed by atoms with E-state index in [1.165, 1.54) is 18.4 Å². The van der Waals surface area contributed by atoms with Crippen LogP contribution in [0.5, 0.6) is 0 Å². The van der Waals surface area contributed by atoms with Crippen molar-refractivity contribution in [3.63, 3.8) is 0 Å². The zero-order valence-corrected chi connectivity index (χ0v) is 13.8. The number of hydrogen-bond donors (Lipinski definition) is 0. The number of benzene rings is 1. The molecule has 0 radical (unpaired) electrons. The lowest BCUT2D eigenvalue weighted by Crippen LogP contribution is -2.27. The second-order valence-electron chi connectivity index (χ2n) is 6.76. The van der Waals surface area contributed by atoms with Crippen molar-refractivity contribution >= 4 is 0 Å². The lowest BCUT2D eigenvalue weighted by molar-refractivity contribution is 0.243. The van der Waals surface area contributed by atoms with Gasteiger partial charge in [-0.05, 0) is 31.4 Å². The maximum atomic E-state index is 5.47. The summed E-state index contributed by atoms with van der Waals surface area (Å²) in [6.07, 6.45) is 8.40. The van der Waals surface area contributed by atoms with Crippen LogP contribution in [0.3, 0.4) is 0 Å². The highest BCUT2D eigenvalue weighted by molar-refractivity contribution is 5.43. The first-order valence-corrected chi connectivity index (χ1v) is 8.81. The zero-order chi connectivity index (χ0) is 16.6. The van der Waals surface area contributed by atoms with Gasteiger partial charge >= 0.3 is 0 Å². The van der Waals surface area contributed by atoms with E-state index in [0.717, 1.165) is 18.8 Å². The van der Waals surface area contributed by atoms with Gasteiger partial charge in [-0.2, -0.15) is 4.98 Å². The van der Waals surface area contributed by atoms with Crippen molar-refractivity contribution in [2.45, 2.75) is 37.3 Å². The third kappa shape index (κ3) is 2.53. The molecule has 25 heavy (non-hydrogen) atoms. The molecule has 2 fully saturated rings. The molecule has 0 bridgehead atoms. The summed E-state index contributed by atoms with van der Waals surface area (Å²) < 4.78 is 5.47. The van der Waals surface area contributed by atoms with Crippen molar-refractivity contribution in [2.24, 2.45) is 0 Å². The molecule has 0 unspecified atom stereocenters. The van der Waals surface area contributed by atoms with Gasteiger partial charge in [0, 0.05) is 30.4 Å². The molecule has 1 aromatic carbocycles. The summed E-state index contributed by atoms with van der Waals surface area (Å²) >= 11 is 0. The van der Waals surface area contributed by atoms with Crippen LogP contribution in [-0.2, 0) is 0 Å². The Hall–Kier alpha value is -2.60. The largest absolute Gasteiger partial charge is 0.332 e. The van der Waals surface area contributed by atoms with E-state index in [1.807, 2.05) is 0 Å². The highest BCUT2D eigenvalue weighted by Gasteiger charge is 2.46. The predicted octanol–water partition coefficient (Wildman–Crippen LogP) is 3.22. The lowest BCUT2D eigenvalue weighted by Gasteiger charge is -2.24. The molecule has 2 aliphatic heterocycles. The van der Waals surface area contributed by atoms with Gasteiger partial charge in [0.25, 0.3) is 5.89 Å². The number of fused-ring (bicyclic) bond motifs is 1. The van der Waals surface area contributed by atoms with Crippen molar-refractivity contribution in [3.8, 4) is 11.6 Å². The van der Waals surface area contributed by atoms with Crippen LogP contribution in [0.1, 0.15) is 42.6 Å². The first-order chi connectivity index (χ1) is 12.4. The highest BCUT2D eigenvalue weighted by Crippen LogP contribution is 2.48. The van der Waals surface area contributed by atoms with Crippen LogP contribution in [-0.4, -0.2) is 37.6 Å². The molecule has 0 N–H and O–H groups in total. The smallest absolute Gasteiger partial charge is 0.278 e. The van der Waals surface area contributed by atoms with Gasteiger partial charge in [0.05, 0.1) is 6.20 Å². The van der Waals surface area contributed by atoms with Crippen LogP contribution >= 0.6 is 0 Å². The second kappa shape index (κ2) is 6.04. The maximum absolute atomic E-state index is 5.47. The predicted molar refractivity (Wildman–Crippen MR) is 91.6 cm³/mol. The summed E-state index contributed by atoms with van der Waals surface area (Å²) in [6, 6.07) is 11.7. The summed E-state index contributed by atoms with van der Waals surface area (Å²) in [7, 11) is 0. The van der Waals surface area contributed by atoms with Gasteiger partial charge in [-0.25, -0.2) is 4.98 Å². The monoisotopic (exact) mass is 333 g/mol. The Balaban J connectivity index is 1.45. The molecule has 126 valence electrons. The molecule has 2 saturated heterocycles. The van der Waals surface area contributed by atoms with E-state index >= 15 is 0 Å². The first-order valence-electron chi connectivity index (χ1n) is 8.81. The molecular weight excluding hydrogens is 314 g/mol. The van der Waals surface area contributed by atoms with Gasteiger partial charge in [0.15, 0.2) is 5.82 Å². The molecule has 6 nitrogen and oxygen atoms in total. The quantitative estimate of drug-likeness (QED) is 0.733. The van der Waals surface area contributed by atoms with Crippen LogP contribution in [0.25, 0.3) is 11.6 Å². The first kappa shape index (κ1) is 14.7. The second-order valence-corrected chi connectivity index (χ2v) is 6.76. The van der Waals surface area contributed by atoms with Gasteiger partial charge in [0.1, 0.15) is 5.69 Å². The minimum atomic E-state index is 0.307. The van der Waals surface area contributed by atoms with Gasteiger partial charge < -0.3 is 4.52 Å². The molecule has 2 aromatic heterocycles. The van der Waals surface area contributed by atoms with Crippen molar-refractivity contribution in [2.75, 3.05) is 6.54 Å². The Morgan fingerprint density at radius 3 is 2.88 bits per heavy atom. The van der Waals surface area contributed by atoms with E-state index in [9.17, 15) is 0 Å². The normalized spacial score (nSPS) is 26.0. The summed E-state index contributed by atoms with van der Waals surface area (Å²) in [5.74, 6) is 1.56. The molecular formula is C19H19N5O. The Morgan fingerprint density at radius 1 is 1.12 bits per heavy atom. The molecule has 3 aromatic rings. The summed E-state index contributed by atoms with van der Waals surface area (Å²) in [5, 5.41) is 4.28. The van der Waals surface area contributed by atoms with E-state index in [2.05, 4.69) is 55.3 Å². The third-order valence-corrected chi connectivity index (χ3v) is 5.42. The average Bonchev–Trinajstić information content (AvgIpc) is 3.39. The lowest BCUT2D eigenvalue weighted by atomic mass is 9.94. The van der Waals surface area contributed by atoms with E-state index in [4.69, 9.17) is 4.52 Å². The Morgan fingerprint density at radius 2 is 2.04 bits per heavy atom. The average molecular weight is 333 g/mol. The van der Waals surface area contributed by atoms with Crippen LogP contribution in [0.15, 0.2) is 53.4 Å². The SMILES string of the molecule is c1ccc([C@@H]2C[C@H](c3noc(-c4cnccn4)n3)[C@H]3CCCN32)cc1. The Bertz CT molecular complexity index is 851. The fourth-order valence-corrected chi connectivity index (χ4v) is 4.35. The van der Waals surface area contributed by atoms with Crippen molar-refractivity contribution < 1.29 is 4.52 Å². The van der Waals surface area contributed by atoms with Crippen LogP contribution in [0.4, 0.5) is 0 Å². The van der Waals surface area contributed by atoms with E-state index in [1.54, 1.807) is 18.6 Å². The molecule has 0 amide bonds. The highest BCUT2D eigenvalue weighted by atomic mass is 16.5. The maximum Gasteiger partial charge on any atom is 0.278 e.